The van der Waals surface area contributed by atoms with E-state index in [-0.39, 0.29) is 12.8 Å². The van der Waals surface area contributed by atoms with E-state index in [2.05, 4.69) is 16.0 Å². The van der Waals surface area contributed by atoms with Crippen LogP contribution in [0.25, 0.3) is 0 Å². The molecule has 190 valence electrons. The Hall–Kier alpha value is -2.42. The Labute approximate surface area is 196 Å². The molecule has 0 saturated heterocycles. The molecule has 0 radical (unpaired) electrons. The molecule has 0 spiro atoms. The van der Waals surface area contributed by atoms with E-state index in [1.807, 2.05) is 0 Å². The number of hydrogen-bond donors (Lipinski definition) is 8. The Morgan fingerprint density at radius 1 is 0.909 bits per heavy atom. The first-order chi connectivity index (χ1) is 15.4. The van der Waals surface area contributed by atoms with E-state index in [0.717, 1.165) is 0 Å². The summed E-state index contributed by atoms with van der Waals surface area (Å²) in [5, 5.41) is 35.0. The quantitative estimate of drug-likeness (QED) is 0.0993. The molecule has 13 nitrogen and oxygen atoms in total. The Morgan fingerprint density at radius 3 is 2.00 bits per heavy atom. The zero-order valence-corrected chi connectivity index (χ0v) is 19.6. The van der Waals surface area contributed by atoms with E-state index in [0.29, 0.717) is 25.1 Å². The highest BCUT2D eigenvalue weighted by Gasteiger charge is 2.33. The molecule has 0 heterocycles. The van der Waals surface area contributed by atoms with Gasteiger partial charge >= 0.3 is 11.9 Å². The monoisotopic (exact) mass is 493 g/mol. The maximum atomic E-state index is 12.7. The molecule has 0 saturated carbocycles. The van der Waals surface area contributed by atoms with Crippen LogP contribution in [-0.4, -0.2) is 93.8 Å². The first-order valence-corrected chi connectivity index (χ1v) is 11.8. The SMILES string of the molecule is CSCCC(NC(=O)C(NC(=O)C(CC(=O)O)NC(=O)C(N)CCCCN)C(C)O)C(=O)O. The molecular weight excluding hydrogens is 458 g/mol. The summed E-state index contributed by atoms with van der Waals surface area (Å²) < 4.78 is 0. The van der Waals surface area contributed by atoms with Crippen LogP contribution in [0.15, 0.2) is 0 Å². The third-order valence-corrected chi connectivity index (χ3v) is 5.25. The van der Waals surface area contributed by atoms with Gasteiger partial charge in [0, 0.05) is 0 Å². The summed E-state index contributed by atoms with van der Waals surface area (Å²) in [6.45, 7) is 1.61. The van der Waals surface area contributed by atoms with Crippen molar-refractivity contribution in [1.82, 2.24) is 16.0 Å². The number of hydrogen-bond acceptors (Lipinski definition) is 9. The number of nitrogens with two attached hydrogens (primary N) is 2. The summed E-state index contributed by atoms with van der Waals surface area (Å²) in [5.74, 6) is -5.00. The van der Waals surface area contributed by atoms with Gasteiger partial charge in [-0.1, -0.05) is 6.42 Å². The predicted octanol–water partition coefficient (Wildman–Crippen LogP) is -2.41. The van der Waals surface area contributed by atoms with E-state index in [4.69, 9.17) is 16.6 Å². The second kappa shape index (κ2) is 16.2. The van der Waals surface area contributed by atoms with Crippen molar-refractivity contribution < 1.29 is 39.3 Å². The largest absolute Gasteiger partial charge is 0.481 e. The van der Waals surface area contributed by atoms with Crippen molar-refractivity contribution in [3.8, 4) is 0 Å². The molecule has 0 aromatic carbocycles. The summed E-state index contributed by atoms with van der Waals surface area (Å²) in [7, 11) is 0. The van der Waals surface area contributed by atoms with Crippen LogP contribution in [0.3, 0.4) is 0 Å². The van der Waals surface area contributed by atoms with Gasteiger partial charge in [0.15, 0.2) is 0 Å². The number of aliphatic hydroxyl groups is 1. The molecule has 0 fully saturated rings. The fourth-order valence-electron chi connectivity index (χ4n) is 2.72. The number of rotatable bonds is 17. The summed E-state index contributed by atoms with van der Waals surface area (Å²) in [6, 6.07) is -5.40. The number of unbranched alkanes of at least 4 members (excludes halogenated alkanes) is 1. The van der Waals surface area contributed by atoms with Crippen molar-refractivity contribution in [1.29, 1.82) is 0 Å². The van der Waals surface area contributed by atoms with E-state index < -0.39 is 66.4 Å². The van der Waals surface area contributed by atoms with Gasteiger partial charge in [0.2, 0.25) is 17.7 Å². The van der Waals surface area contributed by atoms with Crippen LogP contribution < -0.4 is 27.4 Å². The van der Waals surface area contributed by atoms with E-state index in [1.165, 1.54) is 18.7 Å². The summed E-state index contributed by atoms with van der Waals surface area (Å²) in [5.41, 5.74) is 11.2. The van der Waals surface area contributed by atoms with E-state index in [1.54, 1.807) is 6.26 Å². The van der Waals surface area contributed by atoms with Crippen LogP contribution in [0.5, 0.6) is 0 Å². The number of thioether (sulfide) groups is 1. The zero-order valence-electron chi connectivity index (χ0n) is 18.8. The lowest BCUT2D eigenvalue weighted by Gasteiger charge is -2.26. The number of carboxylic acid groups (broad SMARTS) is 2. The molecule has 0 aliphatic heterocycles. The van der Waals surface area contributed by atoms with Crippen molar-refractivity contribution in [3.05, 3.63) is 0 Å². The fourth-order valence-corrected chi connectivity index (χ4v) is 3.19. The van der Waals surface area contributed by atoms with Gasteiger partial charge < -0.3 is 42.7 Å². The first-order valence-electron chi connectivity index (χ1n) is 10.4. The number of nitrogens with one attached hydrogen (secondary N) is 3. The van der Waals surface area contributed by atoms with Crippen molar-refractivity contribution in [2.24, 2.45) is 11.5 Å². The molecule has 5 unspecified atom stereocenters. The van der Waals surface area contributed by atoms with Gasteiger partial charge in [-0.05, 0) is 44.7 Å². The molecule has 3 amide bonds. The Morgan fingerprint density at radius 2 is 1.52 bits per heavy atom. The van der Waals surface area contributed by atoms with Gasteiger partial charge in [0.25, 0.3) is 0 Å². The number of carboxylic acids is 2. The number of aliphatic carboxylic acids is 2. The number of aliphatic hydroxyl groups excluding tert-OH is 1. The Bertz CT molecular complexity index is 679. The fraction of sp³-hybridized carbons (Fsp3) is 0.737. The highest BCUT2D eigenvalue weighted by atomic mass is 32.2. The van der Waals surface area contributed by atoms with Crippen molar-refractivity contribution in [2.75, 3.05) is 18.6 Å². The maximum absolute atomic E-state index is 12.7. The highest BCUT2D eigenvalue weighted by molar-refractivity contribution is 7.98. The average molecular weight is 494 g/mol. The molecule has 5 atom stereocenters. The minimum atomic E-state index is -1.58. The molecule has 0 aromatic heterocycles. The van der Waals surface area contributed by atoms with Crippen molar-refractivity contribution in [3.63, 3.8) is 0 Å². The highest BCUT2D eigenvalue weighted by Crippen LogP contribution is 2.05. The van der Waals surface area contributed by atoms with Gasteiger partial charge in [-0.3, -0.25) is 19.2 Å². The number of carbonyl (C=O) groups is 5. The van der Waals surface area contributed by atoms with Gasteiger partial charge in [-0.15, -0.1) is 0 Å². The van der Waals surface area contributed by atoms with Gasteiger partial charge in [0.1, 0.15) is 18.1 Å². The second-order valence-corrected chi connectivity index (χ2v) is 8.44. The first kappa shape index (κ1) is 30.6. The lowest BCUT2D eigenvalue weighted by atomic mass is 10.1. The summed E-state index contributed by atoms with van der Waals surface area (Å²) in [6.07, 6.45) is 1.11. The van der Waals surface area contributed by atoms with Crippen LogP contribution >= 0.6 is 11.8 Å². The van der Waals surface area contributed by atoms with Gasteiger partial charge in [-0.25, -0.2) is 4.79 Å². The summed E-state index contributed by atoms with van der Waals surface area (Å²) >= 11 is 1.38. The van der Waals surface area contributed by atoms with Crippen LogP contribution in [0.2, 0.25) is 0 Å². The Balaban J connectivity index is 5.32. The molecule has 0 bridgehead atoms. The van der Waals surface area contributed by atoms with Crippen LogP contribution in [0.1, 0.15) is 39.0 Å². The second-order valence-electron chi connectivity index (χ2n) is 7.46. The lowest BCUT2D eigenvalue weighted by molar-refractivity contribution is -0.144. The molecule has 0 aromatic rings. The van der Waals surface area contributed by atoms with E-state index in [9.17, 15) is 34.2 Å². The number of amides is 3. The lowest BCUT2D eigenvalue weighted by Crippen LogP contribution is -2.60. The molecule has 0 aliphatic carbocycles. The normalized spacial score (nSPS) is 15.4. The van der Waals surface area contributed by atoms with E-state index >= 15 is 0 Å². The average Bonchev–Trinajstić information content (AvgIpc) is 2.73. The van der Waals surface area contributed by atoms with Crippen molar-refractivity contribution in [2.45, 2.75) is 69.3 Å². The Kier molecular flexibility index (Phi) is 15.0. The zero-order chi connectivity index (χ0) is 25.6. The maximum Gasteiger partial charge on any atom is 0.326 e. The molecule has 10 N–H and O–H groups in total. The predicted molar refractivity (Wildman–Crippen MR) is 121 cm³/mol. The number of carbonyl (C=O) groups excluding carboxylic acids is 3. The summed E-state index contributed by atoms with van der Waals surface area (Å²) in [4.78, 5) is 60.0. The van der Waals surface area contributed by atoms with Crippen LogP contribution in [-0.2, 0) is 24.0 Å². The minimum Gasteiger partial charge on any atom is -0.481 e. The smallest absolute Gasteiger partial charge is 0.326 e. The van der Waals surface area contributed by atoms with Crippen LogP contribution in [0, 0.1) is 0 Å². The van der Waals surface area contributed by atoms with Gasteiger partial charge in [-0.2, -0.15) is 11.8 Å². The van der Waals surface area contributed by atoms with Crippen molar-refractivity contribution >= 4 is 41.4 Å². The molecule has 33 heavy (non-hydrogen) atoms. The molecule has 0 rings (SSSR count). The third-order valence-electron chi connectivity index (χ3n) is 4.61. The minimum absolute atomic E-state index is 0.114. The van der Waals surface area contributed by atoms with Crippen LogP contribution in [0.4, 0.5) is 0 Å². The third kappa shape index (κ3) is 12.4. The topological polar surface area (TPSA) is 234 Å². The standard InChI is InChI=1S/C19H35N5O8S/c1-10(25)15(18(30)22-12(19(31)32)6-8-33-2)24-17(29)13(9-14(26)27)23-16(28)11(21)5-3-4-7-20/h10-13,15,25H,3-9,20-21H2,1-2H3,(H,22,30)(H,23,28)(H,24,29)(H,26,27)(H,31,32). The molecular formula is C19H35N5O8S. The van der Waals surface area contributed by atoms with Gasteiger partial charge in [0.05, 0.1) is 18.6 Å². The molecule has 0 aliphatic rings. The molecule has 14 heteroatoms.